The number of hydrogen-bond acceptors (Lipinski definition) is 4. The van der Waals surface area contributed by atoms with Gasteiger partial charge in [-0.3, -0.25) is 9.59 Å². The van der Waals surface area contributed by atoms with Crippen LogP contribution in [0.15, 0.2) is 77.9 Å². The molecule has 2 heterocycles. The van der Waals surface area contributed by atoms with Crippen LogP contribution in [0.5, 0.6) is 0 Å². The lowest BCUT2D eigenvalue weighted by Gasteiger charge is -2.23. The number of fused-ring (bicyclic) bond motifs is 1. The average molecular weight is 423 g/mol. The number of imidazole rings is 1. The summed E-state index contributed by atoms with van der Waals surface area (Å²) in [7, 11) is 0. The van der Waals surface area contributed by atoms with Crippen molar-refractivity contribution in [2.24, 2.45) is 5.10 Å². The van der Waals surface area contributed by atoms with E-state index in [1.54, 1.807) is 12.1 Å². The highest BCUT2D eigenvalue weighted by Crippen LogP contribution is 2.24. The van der Waals surface area contributed by atoms with Crippen molar-refractivity contribution in [2.45, 2.75) is 19.8 Å². The van der Waals surface area contributed by atoms with Crippen LogP contribution < -0.4 is 10.3 Å². The summed E-state index contributed by atoms with van der Waals surface area (Å²) in [6, 6.07) is 22.7. The molecule has 7 heteroatoms. The van der Waals surface area contributed by atoms with Crippen molar-refractivity contribution in [3.8, 4) is 11.4 Å². The molecule has 4 aromatic rings. The monoisotopic (exact) mass is 423 g/mol. The van der Waals surface area contributed by atoms with Crippen LogP contribution in [0.2, 0.25) is 0 Å². The van der Waals surface area contributed by atoms with E-state index in [-0.39, 0.29) is 18.2 Å². The predicted molar refractivity (Wildman–Crippen MR) is 125 cm³/mol. The van der Waals surface area contributed by atoms with Gasteiger partial charge in [-0.1, -0.05) is 24.3 Å². The molecule has 0 bridgehead atoms. The van der Waals surface area contributed by atoms with Crippen molar-refractivity contribution >= 4 is 39.9 Å². The Kier molecular flexibility index (Phi) is 4.99. The Morgan fingerprint density at radius 1 is 1.00 bits per heavy atom. The molecule has 158 valence electrons. The molecular formula is C25H21N5O2. The third kappa shape index (κ3) is 3.88. The molecule has 3 aromatic carbocycles. The number of hydrogen-bond donors (Lipinski definition) is 2. The maximum Gasteiger partial charge on any atom is 0.271 e. The van der Waals surface area contributed by atoms with Crippen molar-refractivity contribution in [2.75, 3.05) is 10.3 Å². The Hall–Kier alpha value is -4.26. The molecule has 0 unspecified atom stereocenters. The first kappa shape index (κ1) is 19.7. The highest BCUT2D eigenvalue weighted by Gasteiger charge is 2.25. The summed E-state index contributed by atoms with van der Waals surface area (Å²) in [5, 5.41) is 8.47. The van der Waals surface area contributed by atoms with E-state index in [2.05, 4.69) is 26.5 Å². The third-order valence-electron chi connectivity index (χ3n) is 5.35. The Bertz CT molecular complexity index is 1340. The Morgan fingerprint density at radius 3 is 2.56 bits per heavy atom. The first-order chi connectivity index (χ1) is 15.6. The van der Waals surface area contributed by atoms with Crippen molar-refractivity contribution < 1.29 is 9.59 Å². The minimum Gasteiger partial charge on any atom is -0.338 e. The van der Waals surface area contributed by atoms with Crippen molar-refractivity contribution in [3.05, 3.63) is 78.4 Å². The molecule has 0 saturated carbocycles. The van der Waals surface area contributed by atoms with Crippen LogP contribution in [-0.4, -0.2) is 27.5 Å². The number of hydrazone groups is 1. The van der Waals surface area contributed by atoms with Crippen LogP contribution in [0.4, 0.5) is 11.4 Å². The zero-order valence-electron chi connectivity index (χ0n) is 17.5. The zero-order valence-corrected chi connectivity index (χ0v) is 17.5. The molecule has 2 N–H and O–H groups in total. The van der Waals surface area contributed by atoms with Crippen LogP contribution in [0, 0.1) is 6.92 Å². The molecule has 0 fully saturated rings. The number of carbonyl (C=O) groups excluding carboxylic acids is 2. The lowest BCUT2D eigenvalue weighted by atomic mass is 10.1. The summed E-state index contributed by atoms with van der Waals surface area (Å²) < 4.78 is 0. The van der Waals surface area contributed by atoms with E-state index >= 15 is 0 Å². The van der Waals surface area contributed by atoms with E-state index in [0.717, 1.165) is 22.4 Å². The normalized spacial score (nSPS) is 13.8. The smallest absolute Gasteiger partial charge is 0.271 e. The fourth-order valence-corrected chi connectivity index (χ4v) is 3.66. The molecule has 0 radical (unpaired) electrons. The number of anilines is 2. The molecule has 1 aliphatic heterocycles. The fraction of sp³-hybridized carbons (Fsp3) is 0.120. The van der Waals surface area contributed by atoms with Crippen LogP contribution in [-0.2, 0) is 9.59 Å². The summed E-state index contributed by atoms with van der Waals surface area (Å²) in [4.78, 5) is 33.0. The van der Waals surface area contributed by atoms with E-state index in [0.29, 0.717) is 23.5 Å². The standard InChI is InChI=1S/C25H21N5O2/c1-16-7-12-20-22(15-16)28-24(27-20)17-8-10-18(11-9-17)26-25(32)21-13-14-23(31)30(29-21)19-5-3-2-4-6-19/h2-12,15H,13-14H2,1H3,(H,26,32)(H,27,28). The minimum atomic E-state index is -0.314. The minimum absolute atomic E-state index is 0.127. The second kappa shape index (κ2) is 8.11. The molecule has 1 aliphatic rings. The number of aryl methyl sites for hydroxylation is 1. The zero-order chi connectivity index (χ0) is 22.1. The number of nitrogens with one attached hydrogen (secondary N) is 2. The van der Waals surface area contributed by atoms with Gasteiger partial charge in [-0.2, -0.15) is 5.10 Å². The van der Waals surface area contributed by atoms with E-state index in [1.165, 1.54) is 10.6 Å². The lowest BCUT2D eigenvalue weighted by Crippen LogP contribution is -2.36. The number of amides is 2. The van der Waals surface area contributed by atoms with Crippen LogP contribution in [0.3, 0.4) is 0 Å². The first-order valence-electron chi connectivity index (χ1n) is 10.4. The lowest BCUT2D eigenvalue weighted by molar-refractivity contribution is -0.118. The largest absolute Gasteiger partial charge is 0.338 e. The second-order valence-corrected chi connectivity index (χ2v) is 7.73. The summed E-state index contributed by atoms with van der Waals surface area (Å²) >= 11 is 0. The van der Waals surface area contributed by atoms with Gasteiger partial charge < -0.3 is 10.3 Å². The highest BCUT2D eigenvalue weighted by molar-refractivity contribution is 6.44. The number of carbonyl (C=O) groups is 2. The maximum absolute atomic E-state index is 12.8. The topological polar surface area (TPSA) is 90.4 Å². The van der Waals surface area contributed by atoms with Gasteiger partial charge in [-0.25, -0.2) is 9.99 Å². The summed E-state index contributed by atoms with van der Waals surface area (Å²) in [6.45, 7) is 2.04. The van der Waals surface area contributed by atoms with Gasteiger partial charge in [0.1, 0.15) is 11.5 Å². The van der Waals surface area contributed by atoms with Crippen LogP contribution >= 0.6 is 0 Å². The summed E-state index contributed by atoms with van der Waals surface area (Å²) in [5.41, 5.74) is 5.62. The Balaban J connectivity index is 1.32. The van der Waals surface area contributed by atoms with Crippen molar-refractivity contribution in [1.82, 2.24) is 9.97 Å². The third-order valence-corrected chi connectivity index (χ3v) is 5.35. The summed E-state index contributed by atoms with van der Waals surface area (Å²) in [6.07, 6.45) is 0.552. The van der Waals surface area contributed by atoms with Crippen molar-refractivity contribution in [3.63, 3.8) is 0 Å². The van der Waals surface area contributed by atoms with E-state index < -0.39 is 0 Å². The molecule has 32 heavy (non-hydrogen) atoms. The number of benzene rings is 3. The van der Waals surface area contributed by atoms with Gasteiger partial charge in [0, 0.05) is 24.1 Å². The maximum atomic E-state index is 12.8. The number of aromatic nitrogens is 2. The first-order valence-corrected chi connectivity index (χ1v) is 10.4. The van der Waals surface area contributed by atoms with E-state index in [1.807, 2.05) is 61.5 Å². The molecular weight excluding hydrogens is 402 g/mol. The number of aromatic amines is 1. The fourth-order valence-electron chi connectivity index (χ4n) is 3.66. The predicted octanol–water partition coefficient (Wildman–Crippen LogP) is 4.66. The van der Waals surface area contributed by atoms with E-state index in [9.17, 15) is 9.59 Å². The van der Waals surface area contributed by atoms with Gasteiger partial charge in [0.05, 0.1) is 16.7 Å². The van der Waals surface area contributed by atoms with Crippen LogP contribution in [0.25, 0.3) is 22.4 Å². The van der Waals surface area contributed by atoms with Gasteiger partial charge in [0.15, 0.2) is 0 Å². The molecule has 0 aliphatic carbocycles. The van der Waals surface area contributed by atoms with E-state index in [4.69, 9.17) is 0 Å². The highest BCUT2D eigenvalue weighted by atomic mass is 16.2. The molecule has 2 amide bonds. The van der Waals surface area contributed by atoms with Crippen LogP contribution in [0.1, 0.15) is 18.4 Å². The molecule has 1 aromatic heterocycles. The van der Waals surface area contributed by atoms with Gasteiger partial charge in [0.2, 0.25) is 5.91 Å². The molecule has 0 saturated heterocycles. The molecule has 5 rings (SSSR count). The number of rotatable bonds is 4. The second-order valence-electron chi connectivity index (χ2n) is 7.73. The Morgan fingerprint density at radius 2 is 1.78 bits per heavy atom. The van der Waals surface area contributed by atoms with Gasteiger partial charge in [0.25, 0.3) is 5.91 Å². The average Bonchev–Trinajstić information content (AvgIpc) is 3.23. The SMILES string of the molecule is Cc1ccc2nc(-c3ccc(NC(=O)C4=NN(c5ccccc5)C(=O)CC4)cc3)[nH]c2c1. The number of H-pyrrole nitrogens is 1. The van der Waals surface area contributed by atoms with Gasteiger partial charge in [-0.15, -0.1) is 0 Å². The van der Waals surface area contributed by atoms with Gasteiger partial charge >= 0.3 is 0 Å². The molecule has 0 spiro atoms. The molecule has 0 atom stereocenters. The molecule has 7 nitrogen and oxygen atoms in total. The van der Waals surface area contributed by atoms with Gasteiger partial charge in [-0.05, 0) is 61.0 Å². The summed E-state index contributed by atoms with van der Waals surface area (Å²) in [5.74, 6) is 0.334. The quantitative estimate of drug-likeness (QED) is 0.500. The number of nitrogens with zero attached hydrogens (tertiary/aromatic N) is 3. The Labute approximate surface area is 184 Å². The number of para-hydroxylation sites is 1. The van der Waals surface area contributed by atoms with Crippen molar-refractivity contribution in [1.29, 1.82) is 0 Å².